The number of halogens is 1. The molecule has 1 fully saturated rings. The number of hydrogen-bond acceptors (Lipinski definition) is 2. The van der Waals surface area contributed by atoms with Crippen molar-refractivity contribution in [3.63, 3.8) is 0 Å². The van der Waals surface area contributed by atoms with Crippen LogP contribution in [0.2, 0.25) is 5.02 Å². The molecule has 1 atom stereocenters. The zero-order valence-corrected chi connectivity index (χ0v) is 11.1. The summed E-state index contributed by atoms with van der Waals surface area (Å²) in [6.45, 7) is 1.08. The van der Waals surface area contributed by atoms with Crippen molar-refractivity contribution in [2.45, 2.75) is 18.9 Å². The molecule has 0 aliphatic carbocycles. The molecule has 1 aliphatic rings. The van der Waals surface area contributed by atoms with Crippen LogP contribution in [0.1, 0.15) is 24.4 Å². The first-order valence-corrected chi connectivity index (χ1v) is 6.66. The van der Waals surface area contributed by atoms with Gasteiger partial charge >= 0.3 is 0 Å². The minimum atomic E-state index is 0.406. The van der Waals surface area contributed by atoms with Gasteiger partial charge in [0.15, 0.2) is 0 Å². The second-order valence-corrected chi connectivity index (χ2v) is 5.17. The molecule has 1 heterocycles. The fourth-order valence-corrected chi connectivity index (χ4v) is 2.84. The van der Waals surface area contributed by atoms with E-state index in [2.05, 4.69) is 17.4 Å². The summed E-state index contributed by atoms with van der Waals surface area (Å²) in [6, 6.07) is 10.7. The van der Waals surface area contributed by atoms with Gasteiger partial charge in [-0.25, -0.2) is 0 Å². The molecule has 0 amide bonds. The third kappa shape index (κ3) is 2.06. The first kappa shape index (κ1) is 11.8. The highest BCUT2D eigenvalue weighted by Crippen LogP contribution is 2.35. The quantitative estimate of drug-likeness (QED) is 0.885. The van der Waals surface area contributed by atoms with Gasteiger partial charge in [0, 0.05) is 16.6 Å². The second kappa shape index (κ2) is 4.79. The van der Waals surface area contributed by atoms with E-state index < -0.39 is 0 Å². The highest BCUT2D eigenvalue weighted by molar-refractivity contribution is 6.31. The molecular formula is C15H16ClNO. The Labute approximate surface area is 112 Å². The van der Waals surface area contributed by atoms with Crippen LogP contribution in [0.5, 0.6) is 5.75 Å². The van der Waals surface area contributed by atoms with E-state index in [4.69, 9.17) is 16.3 Å². The van der Waals surface area contributed by atoms with Crippen molar-refractivity contribution < 1.29 is 4.74 Å². The van der Waals surface area contributed by atoms with Crippen molar-refractivity contribution in [1.82, 2.24) is 5.32 Å². The molecule has 0 bridgehead atoms. The van der Waals surface area contributed by atoms with Crippen LogP contribution < -0.4 is 10.1 Å². The van der Waals surface area contributed by atoms with E-state index >= 15 is 0 Å². The number of methoxy groups -OCH3 is 1. The Morgan fingerprint density at radius 3 is 2.83 bits per heavy atom. The number of hydrogen-bond donors (Lipinski definition) is 1. The lowest BCUT2D eigenvalue weighted by molar-refractivity contribution is 0.404. The first-order chi connectivity index (χ1) is 8.78. The fraction of sp³-hybridized carbons (Fsp3) is 0.333. The summed E-state index contributed by atoms with van der Waals surface area (Å²) in [7, 11) is 1.73. The number of ether oxygens (including phenoxy) is 1. The fourth-order valence-electron chi connectivity index (χ4n) is 2.66. The highest BCUT2D eigenvalue weighted by atomic mass is 35.5. The van der Waals surface area contributed by atoms with Gasteiger partial charge in [0.25, 0.3) is 0 Å². The lowest BCUT2D eigenvalue weighted by atomic mass is 9.99. The van der Waals surface area contributed by atoms with Gasteiger partial charge in [-0.05, 0) is 54.4 Å². The van der Waals surface area contributed by atoms with Crippen molar-refractivity contribution in [2.75, 3.05) is 13.7 Å². The predicted octanol–water partition coefficient (Wildman–Crippen LogP) is 3.93. The average Bonchev–Trinajstić information content (AvgIpc) is 2.90. The predicted molar refractivity (Wildman–Crippen MR) is 75.5 cm³/mol. The maximum Gasteiger partial charge on any atom is 0.124 e. The number of benzene rings is 2. The van der Waals surface area contributed by atoms with Crippen molar-refractivity contribution >= 4 is 22.4 Å². The second-order valence-electron chi connectivity index (χ2n) is 4.73. The van der Waals surface area contributed by atoms with Gasteiger partial charge in [0.1, 0.15) is 5.75 Å². The molecule has 2 aromatic rings. The molecule has 0 aromatic heterocycles. The van der Waals surface area contributed by atoms with Crippen LogP contribution in [0.4, 0.5) is 0 Å². The Kier molecular flexibility index (Phi) is 3.14. The minimum absolute atomic E-state index is 0.406. The van der Waals surface area contributed by atoms with Gasteiger partial charge in [0.2, 0.25) is 0 Å². The minimum Gasteiger partial charge on any atom is -0.496 e. The summed E-state index contributed by atoms with van der Waals surface area (Å²) in [5, 5.41) is 6.63. The molecule has 1 unspecified atom stereocenters. The van der Waals surface area contributed by atoms with Crippen molar-refractivity contribution in [3.8, 4) is 5.75 Å². The molecule has 0 saturated carbocycles. The van der Waals surface area contributed by atoms with Crippen LogP contribution in [0, 0.1) is 0 Å². The zero-order valence-electron chi connectivity index (χ0n) is 10.4. The molecule has 3 heteroatoms. The summed E-state index contributed by atoms with van der Waals surface area (Å²) < 4.78 is 5.52. The molecule has 3 rings (SSSR count). The molecule has 1 saturated heterocycles. The molecule has 0 radical (unpaired) electrons. The van der Waals surface area contributed by atoms with Crippen molar-refractivity contribution in [2.24, 2.45) is 0 Å². The van der Waals surface area contributed by atoms with Gasteiger partial charge < -0.3 is 10.1 Å². The number of nitrogens with one attached hydrogen (secondary N) is 1. The molecule has 0 spiro atoms. The molecular weight excluding hydrogens is 246 g/mol. The van der Waals surface area contributed by atoms with E-state index in [0.29, 0.717) is 6.04 Å². The maximum absolute atomic E-state index is 6.06. The molecule has 94 valence electrons. The van der Waals surface area contributed by atoms with Crippen LogP contribution in [0.15, 0.2) is 30.3 Å². The van der Waals surface area contributed by atoms with Gasteiger partial charge in [-0.15, -0.1) is 0 Å². The monoisotopic (exact) mass is 261 g/mol. The summed E-state index contributed by atoms with van der Waals surface area (Å²) in [6.07, 6.45) is 2.39. The first-order valence-electron chi connectivity index (χ1n) is 6.28. The van der Waals surface area contributed by atoms with Crippen LogP contribution in [0.25, 0.3) is 10.8 Å². The molecule has 2 nitrogen and oxygen atoms in total. The van der Waals surface area contributed by atoms with Crippen LogP contribution in [-0.4, -0.2) is 13.7 Å². The van der Waals surface area contributed by atoms with Crippen molar-refractivity contribution in [3.05, 3.63) is 40.9 Å². The Morgan fingerprint density at radius 1 is 1.22 bits per heavy atom. The van der Waals surface area contributed by atoms with E-state index in [9.17, 15) is 0 Å². The van der Waals surface area contributed by atoms with Crippen LogP contribution in [-0.2, 0) is 0 Å². The highest BCUT2D eigenvalue weighted by Gasteiger charge is 2.20. The van der Waals surface area contributed by atoms with Gasteiger partial charge in [-0.1, -0.05) is 17.7 Å². The van der Waals surface area contributed by atoms with E-state index in [1.165, 1.54) is 23.8 Å². The molecule has 1 aliphatic heterocycles. The molecule has 2 aromatic carbocycles. The Hall–Kier alpha value is -1.25. The Morgan fingerprint density at radius 2 is 2.11 bits per heavy atom. The SMILES string of the molecule is COc1cc2ccc(Cl)cc2cc1C1CCCN1. The van der Waals surface area contributed by atoms with Crippen LogP contribution >= 0.6 is 11.6 Å². The third-order valence-electron chi connectivity index (χ3n) is 3.59. The molecule has 1 N–H and O–H groups in total. The topological polar surface area (TPSA) is 21.3 Å². The Bertz CT molecular complexity index is 576. The van der Waals surface area contributed by atoms with E-state index in [-0.39, 0.29) is 0 Å². The number of fused-ring (bicyclic) bond motifs is 1. The van der Waals surface area contributed by atoms with Gasteiger partial charge in [-0.3, -0.25) is 0 Å². The lowest BCUT2D eigenvalue weighted by Gasteiger charge is -2.16. The summed E-state index contributed by atoms with van der Waals surface area (Å²) in [5.41, 5.74) is 1.24. The van der Waals surface area contributed by atoms with E-state index in [1.807, 2.05) is 18.2 Å². The van der Waals surface area contributed by atoms with Crippen molar-refractivity contribution in [1.29, 1.82) is 0 Å². The third-order valence-corrected chi connectivity index (χ3v) is 3.82. The Balaban J connectivity index is 2.15. The van der Waals surface area contributed by atoms with E-state index in [0.717, 1.165) is 22.7 Å². The normalized spacial score (nSPS) is 19.3. The van der Waals surface area contributed by atoms with Crippen LogP contribution in [0.3, 0.4) is 0 Å². The largest absolute Gasteiger partial charge is 0.496 e. The lowest BCUT2D eigenvalue weighted by Crippen LogP contribution is -2.13. The molecule has 18 heavy (non-hydrogen) atoms. The number of rotatable bonds is 2. The average molecular weight is 262 g/mol. The standard InChI is InChI=1S/C15H16ClNO/c1-18-15-9-10-4-5-12(16)7-11(10)8-13(15)14-3-2-6-17-14/h4-5,7-9,14,17H,2-3,6H2,1H3. The maximum atomic E-state index is 6.06. The summed E-state index contributed by atoms with van der Waals surface area (Å²) in [4.78, 5) is 0. The van der Waals surface area contributed by atoms with E-state index in [1.54, 1.807) is 7.11 Å². The van der Waals surface area contributed by atoms with Gasteiger partial charge in [0.05, 0.1) is 7.11 Å². The smallest absolute Gasteiger partial charge is 0.124 e. The summed E-state index contributed by atoms with van der Waals surface area (Å²) >= 11 is 6.06. The summed E-state index contributed by atoms with van der Waals surface area (Å²) in [5.74, 6) is 0.962. The zero-order chi connectivity index (χ0) is 12.5. The van der Waals surface area contributed by atoms with Gasteiger partial charge in [-0.2, -0.15) is 0 Å².